The number of aryl methyl sites for hydroxylation is 1. The van der Waals surface area contributed by atoms with Crippen molar-refractivity contribution >= 4 is 18.3 Å². The first-order valence-corrected chi connectivity index (χ1v) is 4.22. The summed E-state index contributed by atoms with van der Waals surface area (Å²) in [7, 11) is 0. The van der Waals surface area contributed by atoms with Gasteiger partial charge in [-0.05, 0) is 31.5 Å². The number of anilines is 1. The maximum atomic E-state index is 4.34. The van der Waals surface area contributed by atoms with Gasteiger partial charge in [-0.15, -0.1) is 12.6 Å². The van der Waals surface area contributed by atoms with Crippen LogP contribution in [0.15, 0.2) is 23.1 Å². The third kappa shape index (κ3) is 2.15. The van der Waals surface area contributed by atoms with E-state index in [2.05, 4.69) is 50.0 Å². The van der Waals surface area contributed by atoms with Gasteiger partial charge in [-0.25, -0.2) is 0 Å². The lowest BCUT2D eigenvalue weighted by atomic mass is 10.2. The monoisotopic (exact) mass is 167 g/mol. The Morgan fingerprint density at radius 3 is 2.73 bits per heavy atom. The molecule has 1 aromatic rings. The van der Waals surface area contributed by atoms with Gasteiger partial charge in [0, 0.05) is 17.1 Å². The van der Waals surface area contributed by atoms with Crippen molar-refractivity contribution in [1.29, 1.82) is 0 Å². The molecule has 60 valence electrons. The molecule has 0 aliphatic heterocycles. The molecule has 0 aliphatic rings. The number of benzene rings is 1. The normalized spacial score (nSPS) is 9.73. The summed E-state index contributed by atoms with van der Waals surface area (Å²) in [6.45, 7) is 5.08. The van der Waals surface area contributed by atoms with Crippen LogP contribution in [0.1, 0.15) is 12.5 Å². The molecule has 0 aliphatic carbocycles. The first-order valence-electron chi connectivity index (χ1n) is 3.77. The predicted molar refractivity (Wildman–Crippen MR) is 52.6 cm³/mol. The molecule has 0 bridgehead atoms. The van der Waals surface area contributed by atoms with Gasteiger partial charge < -0.3 is 5.32 Å². The van der Waals surface area contributed by atoms with Crippen LogP contribution in [0.25, 0.3) is 0 Å². The van der Waals surface area contributed by atoms with Gasteiger partial charge in [-0.2, -0.15) is 0 Å². The van der Waals surface area contributed by atoms with E-state index in [1.165, 1.54) is 5.56 Å². The Balaban J connectivity index is 2.90. The molecule has 0 amide bonds. The van der Waals surface area contributed by atoms with Crippen LogP contribution >= 0.6 is 12.6 Å². The lowest BCUT2D eigenvalue weighted by molar-refractivity contribution is 1.18. The first-order chi connectivity index (χ1) is 5.24. The minimum atomic E-state index is 0.941. The summed E-state index contributed by atoms with van der Waals surface area (Å²) in [6.07, 6.45) is 0. The second-order valence-corrected chi connectivity index (χ2v) is 3.03. The molecule has 0 unspecified atom stereocenters. The predicted octanol–water partition coefficient (Wildman–Crippen LogP) is 2.72. The summed E-state index contributed by atoms with van der Waals surface area (Å²) >= 11 is 4.34. The Kier molecular flexibility index (Phi) is 2.83. The van der Waals surface area contributed by atoms with Crippen LogP contribution in [0.2, 0.25) is 0 Å². The van der Waals surface area contributed by atoms with Gasteiger partial charge in [0.1, 0.15) is 0 Å². The number of hydrogen-bond acceptors (Lipinski definition) is 2. The lowest BCUT2D eigenvalue weighted by Crippen LogP contribution is -1.97. The Labute approximate surface area is 73.2 Å². The fourth-order valence-electron chi connectivity index (χ4n) is 0.982. The van der Waals surface area contributed by atoms with Crippen molar-refractivity contribution in [2.24, 2.45) is 0 Å². The molecular weight excluding hydrogens is 154 g/mol. The third-order valence-electron chi connectivity index (χ3n) is 1.52. The molecule has 11 heavy (non-hydrogen) atoms. The standard InChI is InChI=1S/C9H13NS/c1-3-10-8-5-4-7(2)6-9(8)11/h4-6,10-11H,3H2,1-2H3. The number of nitrogens with one attached hydrogen (secondary N) is 1. The van der Waals surface area contributed by atoms with Crippen LogP contribution in [-0.2, 0) is 0 Å². The molecule has 1 nitrogen and oxygen atoms in total. The average Bonchev–Trinajstić information content (AvgIpc) is 1.95. The SMILES string of the molecule is CCNc1ccc(C)cc1S. The zero-order valence-corrected chi connectivity index (χ0v) is 7.78. The van der Waals surface area contributed by atoms with E-state index in [1.54, 1.807) is 0 Å². The van der Waals surface area contributed by atoms with Crippen LogP contribution in [0.4, 0.5) is 5.69 Å². The second kappa shape index (κ2) is 3.67. The zero-order valence-electron chi connectivity index (χ0n) is 6.89. The molecule has 0 spiro atoms. The van der Waals surface area contributed by atoms with E-state index < -0.39 is 0 Å². The molecular formula is C9H13NS. The minimum Gasteiger partial charge on any atom is -0.384 e. The van der Waals surface area contributed by atoms with Crippen LogP contribution < -0.4 is 5.32 Å². The molecule has 1 N–H and O–H groups in total. The van der Waals surface area contributed by atoms with E-state index in [1.807, 2.05) is 0 Å². The number of hydrogen-bond donors (Lipinski definition) is 2. The molecule has 1 aromatic carbocycles. The summed E-state index contributed by atoms with van der Waals surface area (Å²) in [5, 5.41) is 3.23. The quantitative estimate of drug-likeness (QED) is 0.645. The highest BCUT2D eigenvalue weighted by Crippen LogP contribution is 2.20. The Morgan fingerprint density at radius 2 is 2.18 bits per heavy atom. The summed E-state index contributed by atoms with van der Waals surface area (Å²) in [5.41, 5.74) is 2.36. The van der Waals surface area contributed by atoms with Crippen molar-refractivity contribution in [2.45, 2.75) is 18.7 Å². The minimum absolute atomic E-state index is 0.941. The molecule has 0 aromatic heterocycles. The van der Waals surface area contributed by atoms with Crippen molar-refractivity contribution in [1.82, 2.24) is 0 Å². The fraction of sp³-hybridized carbons (Fsp3) is 0.333. The Bertz CT molecular complexity index is 245. The van der Waals surface area contributed by atoms with Crippen molar-refractivity contribution in [2.75, 3.05) is 11.9 Å². The van der Waals surface area contributed by atoms with Crippen LogP contribution in [0.3, 0.4) is 0 Å². The highest BCUT2D eigenvalue weighted by atomic mass is 32.1. The van der Waals surface area contributed by atoms with Gasteiger partial charge in [0.25, 0.3) is 0 Å². The number of rotatable bonds is 2. The summed E-state index contributed by atoms with van der Waals surface area (Å²) < 4.78 is 0. The van der Waals surface area contributed by atoms with Gasteiger partial charge in [0.05, 0.1) is 0 Å². The maximum Gasteiger partial charge on any atom is 0.0475 e. The summed E-state index contributed by atoms with van der Waals surface area (Å²) in [5.74, 6) is 0. The summed E-state index contributed by atoms with van der Waals surface area (Å²) in [4.78, 5) is 1.02. The van der Waals surface area contributed by atoms with Crippen LogP contribution in [0, 0.1) is 6.92 Å². The van der Waals surface area contributed by atoms with Crippen molar-refractivity contribution in [3.05, 3.63) is 23.8 Å². The molecule has 0 saturated heterocycles. The second-order valence-electron chi connectivity index (χ2n) is 2.55. The van der Waals surface area contributed by atoms with E-state index in [-0.39, 0.29) is 0 Å². The van der Waals surface area contributed by atoms with Crippen LogP contribution in [0.5, 0.6) is 0 Å². The zero-order chi connectivity index (χ0) is 8.27. The van der Waals surface area contributed by atoms with Gasteiger partial charge >= 0.3 is 0 Å². The van der Waals surface area contributed by atoms with Crippen LogP contribution in [-0.4, -0.2) is 6.54 Å². The van der Waals surface area contributed by atoms with E-state index >= 15 is 0 Å². The van der Waals surface area contributed by atoms with Crippen molar-refractivity contribution < 1.29 is 0 Å². The highest BCUT2D eigenvalue weighted by Gasteiger charge is 1.95. The van der Waals surface area contributed by atoms with E-state index in [9.17, 15) is 0 Å². The van der Waals surface area contributed by atoms with Crippen molar-refractivity contribution in [3.63, 3.8) is 0 Å². The highest BCUT2D eigenvalue weighted by molar-refractivity contribution is 7.80. The molecule has 0 atom stereocenters. The first kappa shape index (κ1) is 8.47. The molecule has 0 radical (unpaired) electrons. The molecule has 1 rings (SSSR count). The van der Waals surface area contributed by atoms with Gasteiger partial charge in [-0.1, -0.05) is 6.07 Å². The third-order valence-corrected chi connectivity index (χ3v) is 1.89. The average molecular weight is 167 g/mol. The van der Waals surface area contributed by atoms with Crippen molar-refractivity contribution in [3.8, 4) is 0 Å². The fourth-order valence-corrected chi connectivity index (χ4v) is 1.34. The Hall–Kier alpha value is -0.630. The number of thiol groups is 1. The van der Waals surface area contributed by atoms with E-state index in [0.717, 1.165) is 17.1 Å². The molecule has 0 saturated carbocycles. The topological polar surface area (TPSA) is 12.0 Å². The molecule has 0 fully saturated rings. The van der Waals surface area contributed by atoms with Gasteiger partial charge in [-0.3, -0.25) is 0 Å². The van der Waals surface area contributed by atoms with E-state index in [4.69, 9.17) is 0 Å². The van der Waals surface area contributed by atoms with E-state index in [0.29, 0.717) is 0 Å². The molecule has 0 heterocycles. The van der Waals surface area contributed by atoms with Gasteiger partial charge in [0.2, 0.25) is 0 Å². The van der Waals surface area contributed by atoms with Gasteiger partial charge in [0.15, 0.2) is 0 Å². The summed E-state index contributed by atoms with van der Waals surface area (Å²) in [6, 6.07) is 6.19. The largest absolute Gasteiger partial charge is 0.384 e. The lowest BCUT2D eigenvalue weighted by Gasteiger charge is -2.06. The smallest absolute Gasteiger partial charge is 0.0475 e. The Morgan fingerprint density at radius 1 is 1.45 bits per heavy atom. The maximum absolute atomic E-state index is 4.34. The molecule has 2 heteroatoms.